The lowest BCUT2D eigenvalue weighted by Gasteiger charge is -2.41. The van der Waals surface area contributed by atoms with Crippen LogP contribution in [0.25, 0.3) is 0 Å². The largest absolute Gasteiger partial charge is 0.399 e. The van der Waals surface area contributed by atoms with Gasteiger partial charge in [-0.3, -0.25) is 4.90 Å². The molecule has 1 aromatic carbocycles. The number of rotatable bonds is 1. The highest BCUT2D eigenvalue weighted by atomic mass is 32.2. The normalized spacial score (nSPS) is 33.7. The molecule has 4 rings (SSSR count). The Morgan fingerprint density at radius 2 is 2.20 bits per heavy atom. The molecule has 2 unspecified atom stereocenters. The minimum Gasteiger partial charge on any atom is -0.399 e. The molecule has 0 aromatic heterocycles. The van der Waals surface area contributed by atoms with E-state index >= 15 is 0 Å². The highest BCUT2D eigenvalue weighted by Crippen LogP contribution is 2.41. The molecule has 0 saturated carbocycles. The van der Waals surface area contributed by atoms with Crippen LogP contribution in [0.2, 0.25) is 0 Å². The topological polar surface area (TPSA) is 38.5 Å². The van der Waals surface area contributed by atoms with Crippen LogP contribution in [0, 0.1) is 0 Å². The van der Waals surface area contributed by atoms with Crippen LogP contribution in [0.5, 0.6) is 0 Å². The van der Waals surface area contributed by atoms with Crippen molar-refractivity contribution in [3.05, 3.63) is 29.3 Å². The van der Waals surface area contributed by atoms with Gasteiger partial charge in [0.15, 0.2) is 0 Å². The summed E-state index contributed by atoms with van der Waals surface area (Å²) in [7, 11) is 0. The molecule has 4 heteroatoms. The van der Waals surface area contributed by atoms with E-state index in [9.17, 15) is 0 Å². The van der Waals surface area contributed by atoms with Crippen LogP contribution in [-0.2, 0) is 17.8 Å². The minimum absolute atomic E-state index is 0.182. The molecule has 108 valence electrons. The molecule has 0 amide bonds. The molecular formula is C16H22N2OS. The lowest BCUT2D eigenvalue weighted by molar-refractivity contribution is -0.0905. The van der Waals surface area contributed by atoms with Crippen LogP contribution in [0.15, 0.2) is 18.2 Å². The van der Waals surface area contributed by atoms with E-state index in [1.807, 2.05) is 6.07 Å². The lowest BCUT2D eigenvalue weighted by Crippen LogP contribution is -2.47. The monoisotopic (exact) mass is 290 g/mol. The van der Waals surface area contributed by atoms with Crippen molar-refractivity contribution in [3.8, 4) is 0 Å². The van der Waals surface area contributed by atoms with E-state index in [1.54, 1.807) is 0 Å². The van der Waals surface area contributed by atoms with Crippen molar-refractivity contribution in [1.82, 2.24) is 4.90 Å². The SMILES string of the molecule is Nc1ccc2c(c1)CN(C1CCOC3(CCSC3)C1)C2. The van der Waals surface area contributed by atoms with Crippen LogP contribution in [0.1, 0.15) is 30.4 Å². The fourth-order valence-corrected chi connectivity index (χ4v) is 5.25. The Hall–Kier alpha value is -0.710. The Labute approximate surface area is 124 Å². The van der Waals surface area contributed by atoms with Crippen LogP contribution < -0.4 is 5.73 Å². The average molecular weight is 290 g/mol. The predicted octanol–water partition coefficient (Wildman–Crippen LogP) is 2.64. The third-order valence-electron chi connectivity index (χ3n) is 5.03. The minimum atomic E-state index is 0.182. The summed E-state index contributed by atoms with van der Waals surface area (Å²) in [6.45, 7) is 3.08. The molecule has 0 bridgehead atoms. The smallest absolute Gasteiger partial charge is 0.0795 e. The molecule has 3 heterocycles. The van der Waals surface area contributed by atoms with Gasteiger partial charge in [0.1, 0.15) is 0 Å². The van der Waals surface area contributed by atoms with Crippen molar-refractivity contribution in [2.24, 2.45) is 0 Å². The van der Waals surface area contributed by atoms with Crippen LogP contribution in [-0.4, -0.2) is 34.7 Å². The van der Waals surface area contributed by atoms with Gasteiger partial charge in [-0.1, -0.05) is 6.07 Å². The van der Waals surface area contributed by atoms with Gasteiger partial charge in [-0.15, -0.1) is 0 Å². The summed E-state index contributed by atoms with van der Waals surface area (Å²) in [5.74, 6) is 2.46. The van der Waals surface area contributed by atoms with Crippen molar-refractivity contribution >= 4 is 17.4 Å². The third-order valence-corrected chi connectivity index (χ3v) is 6.25. The Morgan fingerprint density at radius 3 is 3.05 bits per heavy atom. The van der Waals surface area contributed by atoms with Gasteiger partial charge in [0.05, 0.1) is 5.60 Å². The lowest BCUT2D eigenvalue weighted by atomic mass is 9.89. The zero-order valence-corrected chi connectivity index (χ0v) is 12.6. The number of nitrogens with two attached hydrogens (primary N) is 1. The van der Waals surface area contributed by atoms with E-state index in [4.69, 9.17) is 10.5 Å². The summed E-state index contributed by atoms with van der Waals surface area (Å²) >= 11 is 2.05. The van der Waals surface area contributed by atoms with Gasteiger partial charge in [-0.25, -0.2) is 0 Å². The molecule has 2 atom stereocenters. The Morgan fingerprint density at radius 1 is 1.30 bits per heavy atom. The molecule has 3 aliphatic rings. The molecule has 2 fully saturated rings. The van der Waals surface area contributed by atoms with Gasteiger partial charge in [0.25, 0.3) is 0 Å². The number of hydrogen-bond acceptors (Lipinski definition) is 4. The maximum Gasteiger partial charge on any atom is 0.0795 e. The number of benzene rings is 1. The molecule has 2 saturated heterocycles. The fourth-order valence-electron chi connectivity index (χ4n) is 3.88. The quantitative estimate of drug-likeness (QED) is 0.807. The zero-order valence-electron chi connectivity index (χ0n) is 11.8. The van der Waals surface area contributed by atoms with Crippen LogP contribution in [0.4, 0.5) is 5.69 Å². The molecule has 0 radical (unpaired) electrons. The molecule has 3 nitrogen and oxygen atoms in total. The van der Waals surface area contributed by atoms with E-state index in [2.05, 4.69) is 28.8 Å². The highest BCUT2D eigenvalue weighted by Gasteiger charge is 2.42. The summed E-state index contributed by atoms with van der Waals surface area (Å²) in [4.78, 5) is 2.64. The molecule has 2 N–H and O–H groups in total. The molecular weight excluding hydrogens is 268 g/mol. The summed E-state index contributed by atoms with van der Waals surface area (Å²) in [5, 5.41) is 0. The average Bonchev–Trinajstić information content (AvgIpc) is 3.05. The summed E-state index contributed by atoms with van der Waals surface area (Å²) < 4.78 is 6.14. The van der Waals surface area contributed by atoms with E-state index in [-0.39, 0.29) is 5.60 Å². The number of thioether (sulfide) groups is 1. The maximum absolute atomic E-state index is 6.14. The van der Waals surface area contributed by atoms with E-state index in [1.165, 1.54) is 41.9 Å². The Balaban J connectivity index is 1.49. The second-order valence-electron chi connectivity index (χ2n) is 6.41. The van der Waals surface area contributed by atoms with E-state index < -0.39 is 0 Å². The highest BCUT2D eigenvalue weighted by molar-refractivity contribution is 7.99. The van der Waals surface area contributed by atoms with Crippen molar-refractivity contribution in [1.29, 1.82) is 0 Å². The predicted molar refractivity (Wildman–Crippen MR) is 83.7 cm³/mol. The summed E-state index contributed by atoms with van der Waals surface area (Å²) in [6.07, 6.45) is 3.63. The Kier molecular flexibility index (Phi) is 3.20. The zero-order chi connectivity index (χ0) is 13.6. The molecule has 20 heavy (non-hydrogen) atoms. The van der Waals surface area contributed by atoms with Gasteiger partial charge >= 0.3 is 0 Å². The number of anilines is 1. The van der Waals surface area contributed by atoms with E-state index in [0.29, 0.717) is 6.04 Å². The van der Waals surface area contributed by atoms with Crippen LogP contribution in [0.3, 0.4) is 0 Å². The van der Waals surface area contributed by atoms with Gasteiger partial charge in [0.2, 0.25) is 0 Å². The first kappa shape index (κ1) is 13.0. The van der Waals surface area contributed by atoms with Crippen molar-refractivity contribution in [2.75, 3.05) is 23.8 Å². The Bertz CT molecular complexity index is 513. The van der Waals surface area contributed by atoms with Gasteiger partial charge < -0.3 is 10.5 Å². The first-order valence-electron chi connectivity index (χ1n) is 7.57. The number of fused-ring (bicyclic) bond motifs is 1. The number of ether oxygens (including phenoxy) is 1. The summed E-state index contributed by atoms with van der Waals surface area (Å²) in [5.41, 5.74) is 9.86. The number of nitrogens with zero attached hydrogens (tertiary/aromatic N) is 1. The third kappa shape index (κ3) is 2.24. The first-order chi connectivity index (χ1) is 9.74. The number of hydrogen-bond donors (Lipinski definition) is 1. The molecule has 3 aliphatic heterocycles. The standard InChI is InChI=1S/C16H22N2OS/c17-14-2-1-12-9-18(10-13(12)7-14)15-3-5-19-16(8-15)4-6-20-11-16/h1-2,7,15H,3-6,8-11,17H2. The van der Waals surface area contributed by atoms with Crippen molar-refractivity contribution in [3.63, 3.8) is 0 Å². The number of nitrogen functional groups attached to an aromatic ring is 1. The maximum atomic E-state index is 6.14. The van der Waals surface area contributed by atoms with Crippen molar-refractivity contribution in [2.45, 2.75) is 44.0 Å². The second-order valence-corrected chi connectivity index (χ2v) is 7.52. The van der Waals surface area contributed by atoms with Gasteiger partial charge in [0, 0.05) is 37.2 Å². The molecule has 1 spiro atoms. The summed E-state index contributed by atoms with van der Waals surface area (Å²) in [6, 6.07) is 7.05. The van der Waals surface area contributed by atoms with Gasteiger partial charge in [-0.2, -0.15) is 11.8 Å². The first-order valence-corrected chi connectivity index (χ1v) is 8.73. The molecule has 1 aromatic rings. The second kappa shape index (κ2) is 4.93. The van der Waals surface area contributed by atoms with Crippen molar-refractivity contribution < 1.29 is 4.74 Å². The fraction of sp³-hybridized carbons (Fsp3) is 0.625. The van der Waals surface area contributed by atoms with Crippen LogP contribution >= 0.6 is 11.8 Å². The van der Waals surface area contributed by atoms with E-state index in [0.717, 1.165) is 25.4 Å². The molecule has 0 aliphatic carbocycles. The van der Waals surface area contributed by atoms with Gasteiger partial charge in [-0.05, 0) is 48.3 Å².